The molecule has 0 radical (unpaired) electrons. The van der Waals surface area contributed by atoms with Crippen LogP contribution < -0.4 is 5.32 Å². The predicted molar refractivity (Wildman–Crippen MR) is 61.4 cm³/mol. The van der Waals surface area contributed by atoms with Gasteiger partial charge in [0, 0.05) is 5.75 Å². The normalized spacial score (nSPS) is 14.0. The molecule has 6 heteroatoms. The van der Waals surface area contributed by atoms with E-state index in [1.807, 2.05) is 6.26 Å². The summed E-state index contributed by atoms with van der Waals surface area (Å²) in [6, 6.07) is -0.188. The van der Waals surface area contributed by atoms with Crippen LogP contribution >= 0.6 is 11.8 Å². The van der Waals surface area contributed by atoms with Gasteiger partial charge in [-0.15, -0.1) is 0 Å². The molecule has 70 valence electrons. The van der Waals surface area contributed by atoms with Crippen molar-refractivity contribution in [3.63, 3.8) is 0 Å². The van der Waals surface area contributed by atoms with Crippen LogP contribution in [0, 0.1) is 0 Å². The minimum absolute atomic E-state index is 0. The molecule has 0 spiro atoms. The second-order valence-electron chi connectivity index (χ2n) is 2.10. The Balaban J connectivity index is -0.000000405. The molecular formula is C6H19AlLiNO2S. The summed E-state index contributed by atoms with van der Waals surface area (Å²) in [6.45, 7) is -0.0156. The van der Waals surface area contributed by atoms with Crippen LogP contribution in [0.2, 0.25) is 0 Å². The van der Waals surface area contributed by atoms with Gasteiger partial charge in [0.1, 0.15) is 0 Å². The molecule has 0 heterocycles. The van der Waals surface area contributed by atoms with E-state index in [0.717, 1.165) is 0 Å². The molecule has 0 aliphatic rings. The van der Waals surface area contributed by atoms with Crippen molar-refractivity contribution in [1.82, 2.24) is 5.32 Å². The van der Waals surface area contributed by atoms with Crippen LogP contribution in [0.5, 0.6) is 0 Å². The molecule has 0 unspecified atom stereocenters. The van der Waals surface area contributed by atoms with Crippen molar-refractivity contribution < 1.29 is 10.2 Å². The third-order valence-corrected chi connectivity index (χ3v) is 2.04. The van der Waals surface area contributed by atoms with Crippen LogP contribution in [-0.4, -0.2) is 84.2 Å². The fraction of sp³-hybridized carbons (Fsp3) is 1.00. The number of aliphatic hydroxyl groups excluding tert-OH is 2. The van der Waals surface area contributed by atoms with Crippen molar-refractivity contribution in [3.05, 3.63) is 0 Å². The molecule has 0 fully saturated rings. The van der Waals surface area contributed by atoms with Crippen LogP contribution in [0.3, 0.4) is 0 Å². The van der Waals surface area contributed by atoms with Crippen molar-refractivity contribution in [3.8, 4) is 0 Å². The second-order valence-corrected chi connectivity index (χ2v) is 3.01. The van der Waals surface area contributed by atoms with E-state index in [9.17, 15) is 5.11 Å². The number of nitrogens with one attached hydrogen (secondary N) is 1. The van der Waals surface area contributed by atoms with Crippen LogP contribution in [0.4, 0.5) is 0 Å². The molecule has 0 saturated heterocycles. The van der Waals surface area contributed by atoms with Crippen molar-refractivity contribution in [2.45, 2.75) is 12.1 Å². The van der Waals surface area contributed by atoms with Gasteiger partial charge in [-0.25, -0.2) is 0 Å². The molecule has 3 nitrogen and oxygen atoms in total. The van der Waals surface area contributed by atoms with Gasteiger partial charge in [-0.2, -0.15) is 11.8 Å². The molecule has 0 aromatic rings. The van der Waals surface area contributed by atoms with Gasteiger partial charge in [-0.05, 0) is 13.3 Å². The van der Waals surface area contributed by atoms with E-state index >= 15 is 0 Å². The summed E-state index contributed by atoms with van der Waals surface area (Å²) in [5.74, 6) is 0.659. The number of rotatable bonds is 5. The summed E-state index contributed by atoms with van der Waals surface area (Å²) in [5.41, 5.74) is 0. The molecule has 12 heavy (non-hydrogen) atoms. The molecule has 0 rings (SSSR count). The second kappa shape index (κ2) is 12.4. The monoisotopic (exact) mass is 203 g/mol. The summed E-state index contributed by atoms with van der Waals surface area (Å²) in [4.78, 5) is 0. The summed E-state index contributed by atoms with van der Waals surface area (Å²) in [6.07, 6.45) is 1.47. The molecule has 0 aromatic carbocycles. The fourth-order valence-corrected chi connectivity index (χ4v) is 1.27. The quantitative estimate of drug-likeness (QED) is 0.431. The summed E-state index contributed by atoms with van der Waals surface area (Å²) < 4.78 is 0. The van der Waals surface area contributed by atoms with Crippen molar-refractivity contribution in [2.75, 3.05) is 25.7 Å². The number of hydrogen-bond acceptors (Lipinski definition) is 4. The fourth-order valence-electron chi connectivity index (χ4n) is 0.692. The number of aliphatic hydroxyl groups is 2. The topological polar surface area (TPSA) is 52.5 Å². The zero-order chi connectivity index (χ0) is 7.98. The van der Waals surface area contributed by atoms with Gasteiger partial charge < -0.3 is 15.5 Å². The summed E-state index contributed by atoms with van der Waals surface area (Å²) in [5, 5.41) is 20.8. The Morgan fingerprint density at radius 2 is 2.00 bits per heavy atom. The minimum atomic E-state index is -0.454. The van der Waals surface area contributed by atoms with Crippen molar-refractivity contribution in [1.29, 1.82) is 0 Å². The number of hydrogen-bond donors (Lipinski definition) is 3. The summed E-state index contributed by atoms with van der Waals surface area (Å²) in [7, 11) is 1.73. The van der Waals surface area contributed by atoms with Crippen LogP contribution in [-0.2, 0) is 0 Å². The molecule has 0 amide bonds. The van der Waals surface area contributed by atoms with Gasteiger partial charge in [-0.1, -0.05) is 0 Å². The molecule has 0 saturated carbocycles. The first-order valence-corrected chi connectivity index (χ1v) is 4.60. The van der Waals surface area contributed by atoms with E-state index in [-0.39, 0.29) is 48.9 Å². The Labute approximate surface area is 101 Å². The molecule has 0 aliphatic heterocycles. The van der Waals surface area contributed by atoms with Gasteiger partial charge in [-0.3, -0.25) is 0 Å². The molecule has 0 bridgehead atoms. The van der Waals surface area contributed by atoms with E-state index in [2.05, 4.69) is 5.32 Å². The van der Waals surface area contributed by atoms with E-state index in [0.29, 0.717) is 5.75 Å². The van der Waals surface area contributed by atoms with Gasteiger partial charge >= 0.3 is 18.9 Å². The number of thioether (sulfide) groups is 1. The van der Waals surface area contributed by atoms with Gasteiger partial charge in [0.15, 0.2) is 17.4 Å². The van der Waals surface area contributed by atoms with Crippen molar-refractivity contribution >= 4 is 48.0 Å². The van der Waals surface area contributed by atoms with Crippen LogP contribution in [0.25, 0.3) is 0 Å². The van der Waals surface area contributed by atoms with Gasteiger partial charge in [0.25, 0.3) is 0 Å². The van der Waals surface area contributed by atoms with Crippen LogP contribution in [0.15, 0.2) is 0 Å². The van der Waals surface area contributed by atoms with E-state index in [1.54, 1.807) is 18.8 Å². The third-order valence-electron chi connectivity index (χ3n) is 1.37. The average molecular weight is 203 g/mol. The van der Waals surface area contributed by atoms with Gasteiger partial charge in [0.05, 0.1) is 18.8 Å². The first-order chi connectivity index (χ1) is 4.76. The standard InChI is InChI=1S/C6H15NO2S.Al.Li.4H/c1-7-5(3-8)6(9)4-10-2;;;;;;/h5-9H,3-4H2,1-2H3;;;;;;/t5-,6-;;;;;;/m1....../s1. The van der Waals surface area contributed by atoms with E-state index in [1.165, 1.54) is 0 Å². The Bertz CT molecular complexity index is 87.9. The Morgan fingerprint density at radius 1 is 1.50 bits per heavy atom. The predicted octanol–water partition coefficient (Wildman–Crippen LogP) is -2.54. The maximum absolute atomic E-state index is 9.27. The maximum atomic E-state index is 9.27. The number of likely N-dealkylation sites (N-methyl/N-ethyl adjacent to an activating group) is 1. The zero-order valence-electron chi connectivity index (χ0n) is 6.37. The van der Waals surface area contributed by atoms with E-state index < -0.39 is 6.10 Å². The van der Waals surface area contributed by atoms with Gasteiger partial charge in [0.2, 0.25) is 0 Å². The van der Waals surface area contributed by atoms with Crippen LogP contribution in [0.1, 0.15) is 0 Å². The van der Waals surface area contributed by atoms with E-state index in [4.69, 9.17) is 5.11 Å². The average Bonchev–Trinajstić information content (AvgIpc) is 1.91. The summed E-state index contributed by atoms with van der Waals surface area (Å²) >= 11 is 1.57. The first kappa shape index (κ1) is 19.0. The molecule has 3 N–H and O–H groups in total. The molecule has 2 atom stereocenters. The Morgan fingerprint density at radius 3 is 2.25 bits per heavy atom. The third kappa shape index (κ3) is 7.98. The SMILES string of the molecule is CN[C@H](CO)[C@H](O)CSC.[AlH3].[LiH]. The molecular weight excluding hydrogens is 184 g/mol. The Hall–Kier alpha value is 1.36. The zero-order valence-corrected chi connectivity index (χ0v) is 7.19. The van der Waals surface area contributed by atoms with Crippen molar-refractivity contribution in [2.24, 2.45) is 0 Å². The Kier molecular flexibility index (Phi) is 19.6. The molecule has 0 aliphatic carbocycles. The molecule has 0 aromatic heterocycles. The first-order valence-electron chi connectivity index (χ1n) is 3.21.